The van der Waals surface area contributed by atoms with Crippen LogP contribution in [0.3, 0.4) is 0 Å². The molecule has 4 rings (SSSR count). The van der Waals surface area contributed by atoms with E-state index < -0.39 is 6.10 Å². The average molecular weight is 438 g/mol. The summed E-state index contributed by atoms with van der Waals surface area (Å²) >= 11 is 0. The van der Waals surface area contributed by atoms with Crippen molar-refractivity contribution < 1.29 is 19.4 Å². The lowest BCUT2D eigenvalue weighted by Gasteiger charge is -2.29. The number of esters is 1. The molecule has 32 heavy (non-hydrogen) atoms. The van der Waals surface area contributed by atoms with Crippen LogP contribution < -0.4 is 9.64 Å². The lowest BCUT2D eigenvalue weighted by atomic mass is 9.89. The van der Waals surface area contributed by atoms with E-state index in [2.05, 4.69) is 63.9 Å². The highest BCUT2D eigenvalue weighted by molar-refractivity contribution is 5.71. The van der Waals surface area contributed by atoms with Gasteiger partial charge in [-0.05, 0) is 62.8 Å². The zero-order chi connectivity index (χ0) is 23.0. The first kappa shape index (κ1) is 22.7. The number of hydrogen-bond donors (Lipinski definition) is 1. The molecule has 2 aliphatic rings. The van der Waals surface area contributed by atoms with E-state index in [1.807, 2.05) is 6.07 Å². The Morgan fingerprint density at radius 2 is 1.88 bits per heavy atom. The number of nitrogens with zero attached hydrogens (tertiary/aromatic N) is 1. The van der Waals surface area contributed by atoms with Crippen LogP contribution in [0.4, 0.5) is 5.69 Å². The molecule has 2 aromatic carbocycles. The Hall–Kier alpha value is -2.53. The summed E-state index contributed by atoms with van der Waals surface area (Å²) < 4.78 is 12.0. The van der Waals surface area contributed by atoms with Gasteiger partial charge in [-0.1, -0.05) is 30.3 Å². The van der Waals surface area contributed by atoms with Crippen molar-refractivity contribution in [3.63, 3.8) is 0 Å². The number of aliphatic hydroxyl groups is 1. The quantitative estimate of drug-likeness (QED) is 0.667. The van der Waals surface area contributed by atoms with Crippen molar-refractivity contribution in [2.24, 2.45) is 0 Å². The second-order valence-corrected chi connectivity index (χ2v) is 10.0. The van der Waals surface area contributed by atoms with E-state index in [1.165, 1.54) is 33.5 Å². The Balaban J connectivity index is 1.67. The number of rotatable bonds is 6. The van der Waals surface area contributed by atoms with Crippen LogP contribution in [0.25, 0.3) is 0 Å². The monoisotopic (exact) mass is 437 g/mol. The maximum Gasteiger partial charge on any atom is 0.308 e. The van der Waals surface area contributed by atoms with Crippen LogP contribution in [0.5, 0.6) is 5.75 Å². The third-order valence-corrected chi connectivity index (χ3v) is 6.74. The fraction of sp³-hybridized carbons (Fsp3) is 0.519. The molecule has 2 aliphatic heterocycles. The van der Waals surface area contributed by atoms with Crippen LogP contribution in [-0.4, -0.2) is 35.9 Å². The molecule has 2 heterocycles. The van der Waals surface area contributed by atoms with Gasteiger partial charge in [0, 0.05) is 37.7 Å². The van der Waals surface area contributed by atoms with Gasteiger partial charge in [-0.25, -0.2) is 0 Å². The summed E-state index contributed by atoms with van der Waals surface area (Å²) in [5, 5.41) is 9.99. The number of carbonyl (C=O) groups excluding carboxylic acids is 1. The Labute approximate surface area is 191 Å². The van der Waals surface area contributed by atoms with Crippen LogP contribution >= 0.6 is 0 Å². The Bertz CT molecular complexity index is 999. The molecule has 0 bridgehead atoms. The third kappa shape index (κ3) is 4.63. The number of fused-ring (bicyclic) bond motifs is 1. The molecule has 2 unspecified atom stereocenters. The van der Waals surface area contributed by atoms with Crippen molar-refractivity contribution in [3.05, 3.63) is 58.1 Å². The van der Waals surface area contributed by atoms with E-state index in [9.17, 15) is 9.90 Å². The zero-order valence-electron chi connectivity index (χ0n) is 19.9. The fourth-order valence-electron chi connectivity index (χ4n) is 5.32. The average Bonchev–Trinajstić information content (AvgIpc) is 3.03. The molecule has 0 spiro atoms. The van der Waals surface area contributed by atoms with Crippen molar-refractivity contribution in [1.29, 1.82) is 0 Å². The van der Waals surface area contributed by atoms with Crippen LogP contribution in [0.15, 0.2) is 30.3 Å². The smallest absolute Gasteiger partial charge is 0.308 e. The highest BCUT2D eigenvalue weighted by atomic mass is 16.5. The first-order valence-corrected chi connectivity index (χ1v) is 11.6. The highest BCUT2D eigenvalue weighted by Gasteiger charge is 2.36. The van der Waals surface area contributed by atoms with Gasteiger partial charge in [-0.2, -0.15) is 0 Å². The van der Waals surface area contributed by atoms with Crippen molar-refractivity contribution in [2.45, 2.75) is 84.2 Å². The van der Waals surface area contributed by atoms with E-state index in [-0.39, 0.29) is 24.1 Å². The van der Waals surface area contributed by atoms with Gasteiger partial charge >= 0.3 is 5.97 Å². The van der Waals surface area contributed by atoms with E-state index >= 15 is 0 Å². The van der Waals surface area contributed by atoms with Crippen molar-refractivity contribution in [3.8, 4) is 5.75 Å². The molecule has 0 amide bonds. The molecule has 0 saturated carbocycles. The van der Waals surface area contributed by atoms with Gasteiger partial charge in [0.05, 0.1) is 12.5 Å². The second-order valence-electron chi connectivity index (χ2n) is 10.0. The predicted molar refractivity (Wildman–Crippen MR) is 126 cm³/mol. The van der Waals surface area contributed by atoms with E-state index in [4.69, 9.17) is 9.47 Å². The molecule has 172 valence electrons. The van der Waals surface area contributed by atoms with E-state index in [1.54, 1.807) is 0 Å². The number of carbonyl (C=O) groups is 1. The first-order chi connectivity index (χ1) is 15.1. The van der Waals surface area contributed by atoms with Crippen LogP contribution in [0.2, 0.25) is 0 Å². The van der Waals surface area contributed by atoms with Crippen molar-refractivity contribution >= 4 is 11.7 Å². The summed E-state index contributed by atoms with van der Waals surface area (Å²) in [7, 11) is 2.15. The second kappa shape index (κ2) is 8.78. The minimum atomic E-state index is -0.603. The summed E-state index contributed by atoms with van der Waals surface area (Å²) in [6.07, 6.45) is 2.07. The molecule has 1 fully saturated rings. The number of ether oxygens (including phenoxy) is 2. The molecule has 1 N–H and O–H groups in total. The molecule has 2 atom stereocenters. The van der Waals surface area contributed by atoms with Crippen LogP contribution in [0.1, 0.15) is 60.9 Å². The minimum Gasteiger partial charge on any atom is -0.487 e. The standard InChI is InChI=1S/C27H35NO4/c1-17-22(12-11-21-13-20(29)14-24(30)31-21)26-23(15-27(3,4)32-26)18(2)25(17)28(5)16-19-9-7-6-8-10-19/h6-10,20-21,29H,11-16H2,1-5H3. The summed E-state index contributed by atoms with van der Waals surface area (Å²) in [4.78, 5) is 14.1. The van der Waals surface area contributed by atoms with Gasteiger partial charge in [-0.15, -0.1) is 0 Å². The Morgan fingerprint density at radius 1 is 1.16 bits per heavy atom. The predicted octanol–water partition coefficient (Wildman–Crippen LogP) is 4.65. The van der Waals surface area contributed by atoms with Gasteiger partial charge in [0.2, 0.25) is 0 Å². The van der Waals surface area contributed by atoms with Gasteiger partial charge in [0.15, 0.2) is 0 Å². The summed E-state index contributed by atoms with van der Waals surface area (Å²) in [6, 6.07) is 10.5. The molecule has 0 aliphatic carbocycles. The first-order valence-electron chi connectivity index (χ1n) is 11.6. The number of aliphatic hydroxyl groups excluding tert-OH is 1. The molecule has 1 saturated heterocycles. The topological polar surface area (TPSA) is 59.0 Å². The molecular weight excluding hydrogens is 402 g/mol. The maximum absolute atomic E-state index is 11.8. The number of cyclic esters (lactones) is 1. The van der Waals surface area contributed by atoms with E-state index in [0.717, 1.165) is 25.1 Å². The van der Waals surface area contributed by atoms with Gasteiger partial charge in [0.25, 0.3) is 0 Å². The summed E-state index contributed by atoms with van der Waals surface area (Å²) in [6.45, 7) is 9.49. The lowest BCUT2D eigenvalue weighted by Crippen LogP contribution is -2.32. The molecular formula is C27H35NO4. The number of hydrogen-bond acceptors (Lipinski definition) is 5. The molecule has 5 nitrogen and oxygen atoms in total. The van der Waals surface area contributed by atoms with Crippen LogP contribution in [-0.2, 0) is 28.9 Å². The third-order valence-electron chi connectivity index (χ3n) is 6.74. The number of anilines is 1. The van der Waals surface area contributed by atoms with E-state index in [0.29, 0.717) is 12.8 Å². The number of benzene rings is 2. The molecule has 0 aromatic heterocycles. The summed E-state index contributed by atoms with van der Waals surface area (Å²) in [5.41, 5.74) is 7.27. The van der Waals surface area contributed by atoms with Gasteiger partial charge < -0.3 is 19.5 Å². The van der Waals surface area contributed by atoms with Crippen LogP contribution in [0, 0.1) is 13.8 Å². The maximum atomic E-state index is 11.8. The Kier molecular flexibility index (Phi) is 6.22. The zero-order valence-corrected chi connectivity index (χ0v) is 19.9. The van der Waals surface area contributed by atoms with Crippen molar-refractivity contribution in [1.82, 2.24) is 0 Å². The normalized spacial score (nSPS) is 21.6. The molecule has 0 radical (unpaired) electrons. The SMILES string of the molecule is Cc1c(CCC2CC(O)CC(=O)O2)c2c(c(C)c1N(C)Cc1ccccc1)CC(C)(C)O2. The largest absolute Gasteiger partial charge is 0.487 e. The fourth-order valence-corrected chi connectivity index (χ4v) is 5.32. The Morgan fingerprint density at radius 3 is 2.56 bits per heavy atom. The van der Waals surface area contributed by atoms with Gasteiger partial charge in [0.1, 0.15) is 17.5 Å². The van der Waals surface area contributed by atoms with Crippen molar-refractivity contribution in [2.75, 3.05) is 11.9 Å². The summed E-state index contributed by atoms with van der Waals surface area (Å²) in [5.74, 6) is 0.699. The van der Waals surface area contributed by atoms with Gasteiger partial charge in [-0.3, -0.25) is 4.79 Å². The molecule has 2 aromatic rings. The lowest BCUT2D eigenvalue weighted by molar-refractivity contribution is -0.160. The molecule has 5 heteroatoms. The highest BCUT2D eigenvalue weighted by Crippen LogP contribution is 2.46. The minimum absolute atomic E-state index is 0.0984.